The molecule has 4 heterocycles. The van der Waals surface area contributed by atoms with E-state index < -0.39 is 0 Å². The van der Waals surface area contributed by atoms with Gasteiger partial charge in [0.25, 0.3) is 5.56 Å². The van der Waals surface area contributed by atoms with Crippen molar-refractivity contribution in [1.29, 1.82) is 0 Å². The number of carbonyl (C=O) groups is 1. The van der Waals surface area contributed by atoms with E-state index in [-0.39, 0.29) is 11.5 Å². The molecular weight excluding hydrogens is 364 g/mol. The van der Waals surface area contributed by atoms with E-state index in [0.29, 0.717) is 24.3 Å². The van der Waals surface area contributed by atoms with Gasteiger partial charge in [-0.05, 0) is 43.9 Å². The summed E-state index contributed by atoms with van der Waals surface area (Å²) in [5.74, 6) is 2.89. The predicted octanol–water partition coefficient (Wildman–Crippen LogP) is 2.65. The first-order valence-corrected chi connectivity index (χ1v) is 11.6. The lowest BCUT2D eigenvalue weighted by Gasteiger charge is -2.37. The van der Waals surface area contributed by atoms with E-state index in [1.165, 1.54) is 12.8 Å². The van der Waals surface area contributed by atoms with Crippen molar-refractivity contribution >= 4 is 5.91 Å². The van der Waals surface area contributed by atoms with E-state index in [0.717, 1.165) is 76.3 Å². The molecule has 6 heteroatoms. The number of hydrogen-bond acceptors (Lipinski definition) is 4. The number of carbonyl (C=O) groups excluding carboxylic acids is 1. The molecule has 0 aliphatic carbocycles. The van der Waals surface area contributed by atoms with Crippen LogP contribution in [0.25, 0.3) is 0 Å². The third-order valence-corrected chi connectivity index (χ3v) is 6.96. The second kappa shape index (κ2) is 8.99. The molecule has 160 valence electrons. The van der Waals surface area contributed by atoms with Gasteiger partial charge in [0, 0.05) is 51.1 Å². The average Bonchev–Trinajstić information content (AvgIpc) is 2.93. The fraction of sp³-hybridized carbons (Fsp3) is 0.783. The third-order valence-electron chi connectivity index (χ3n) is 6.96. The standard InChI is InChI=1S/C23H36N4O2/c1-17-12-18(2)15-25(14-17)16-23(29)26-10-7-19(8-11-26)20-13-22(28)27-9-5-3-4-6-21(27)24-20/h13,17-19H,3-12,14-16H2,1-2H3/t17-,18-/m0/s1. The van der Waals surface area contributed by atoms with Gasteiger partial charge >= 0.3 is 0 Å². The van der Waals surface area contributed by atoms with Gasteiger partial charge < -0.3 is 4.90 Å². The first kappa shape index (κ1) is 20.6. The molecule has 0 unspecified atom stereocenters. The second-order valence-corrected chi connectivity index (χ2v) is 9.69. The van der Waals surface area contributed by atoms with Crippen LogP contribution in [-0.4, -0.2) is 58.0 Å². The van der Waals surface area contributed by atoms with Crippen molar-refractivity contribution in [1.82, 2.24) is 19.4 Å². The molecule has 2 fully saturated rings. The number of piperidine rings is 2. The Hall–Kier alpha value is -1.69. The van der Waals surface area contributed by atoms with Crippen molar-refractivity contribution in [3.05, 3.63) is 27.9 Å². The Morgan fingerprint density at radius 3 is 2.52 bits per heavy atom. The van der Waals surface area contributed by atoms with Gasteiger partial charge in [-0.3, -0.25) is 19.1 Å². The quantitative estimate of drug-likeness (QED) is 0.783. The molecule has 0 spiro atoms. The van der Waals surface area contributed by atoms with Crippen LogP contribution >= 0.6 is 0 Å². The smallest absolute Gasteiger partial charge is 0.253 e. The van der Waals surface area contributed by atoms with Crippen molar-refractivity contribution in [2.24, 2.45) is 11.8 Å². The molecule has 3 aliphatic rings. The summed E-state index contributed by atoms with van der Waals surface area (Å²) in [7, 11) is 0. The summed E-state index contributed by atoms with van der Waals surface area (Å²) in [4.78, 5) is 34.7. The Morgan fingerprint density at radius 2 is 1.79 bits per heavy atom. The van der Waals surface area contributed by atoms with E-state index in [1.54, 1.807) is 6.07 Å². The van der Waals surface area contributed by atoms with Gasteiger partial charge in [0.05, 0.1) is 12.2 Å². The maximum Gasteiger partial charge on any atom is 0.253 e. The molecule has 29 heavy (non-hydrogen) atoms. The minimum absolute atomic E-state index is 0.110. The topological polar surface area (TPSA) is 58.4 Å². The Labute approximate surface area is 174 Å². The lowest BCUT2D eigenvalue weighted by atomic mass is 9.91. The number of nitrogens with zero attached hydrogens (tertiary/aromatic N) is 4. The Bertz CT molecular complexity index is 772. The Kier molecular flexibility index (Phi) is 6.38. The first-order valence-electron chi connectivity index (χ1n) is 11.6. The molecule has 1 aromatic heterocycles. The second-order valence-electron chi connectivity index (χ2n) is 9.69. The van der Waals surface area contributed by atoms with Gasteiger partial charge in [-0.25, -0.2) is 4.98 Å². The molecule has 3 aliphatic heterocycles. The first-order chi connectivity index (χ1) is 14.0. The summed E-state index contributed by atoms with van der Waals surface area (Å²) in [6.45, 7) is 9.57. The molecule has 2 atom stereocenters. The summed E-state index contributed by atoms with van der Waals surface area (Å²) in [6, 6.07) is 1.76. The minimum atomic E-state index is 0.110. The van der Waals surface area contributed by atoms with Crippen LogP contribution in [0.5, 0.6) is 0 Å². The Balaban J connectivity index is 1.35. The summed E-state index contributed by atoms with van der Waals surface area (Å²) in [6.07, 6.45) is 7.37. The number of aromatic nitrogens is 2. The van der Waals surface area contributed by atoms with E-state index in [2.05, 4.69) is 18.7 Å². The Morgan fingerprint density at radius 1 is 1.07 bits per heavy atom. The van der Waals surface area contributed by atoms with Crippen LogP contribution in [0.4, 0.5) is 0 Å². The SMILES string of the molecule is C[C@H]1C[C@H](C)CN(CC(=O)N2CCC(c3cc(=O)n4c(n3)CCCCC4)CC2)C1. The maximum atomic E-state index is 12.8. The van der Waals surface area contributed by atoms with E-state index in [9.17, 15) is 9.59 Å². The predicted molar refractivity (Wildman–Crippen MR) is 114 cm³/mol. The van der Waals surface area contributed by atoms with E-state index in [1.807, 2.05) is 9.47 Å². The van der Waals surface area contributed by atoms with Crippen molar-refractivity contribution in [3.8, 4) is 0 Å². The monoisotopic (exact) mass is 400 g/mol. The fourth-order valence-electron chi connectivity index (χ4n) is 5.58. The van der Waals surface area contributed by atoms with Crippen LogP contribution in [-0.2, 0) is 17.8 Å². The molecule has 2 saturated heterocycles. The molecule has 0 aromatic carbocycles. The number of rotatable bonds is 3. The minimum Gasteiger partial charge on any atom is -0.342 e. The van der Waals surface area contributed by atoms with Crippen LogP contribution in [0.1, 0.15) is 69.8 Å². The van der Waals surface area contributed by atoms with Gasteiger partial charge in [-0.2, -0.15) is 0 Å². The number of hydrogen-bond donors (Lipinski definition) is 0. The molecule has 0 radical (unpaired) electrons. The zero-order chi connectivity index (χ0) is 20.4. The highest BCUT2D eigenvalue weighted by molar-refractivity contribution is 5.78. The van der Waals surface area contributed by atoms with Crippen molar-refractivity contribution in [3.63, 3.8) is 0 Å². The van der Waals surface area contributed by atoms with Gasteiger partial charge in [-0.15, -0.1) is 0 Å². The van der Waals surface area contributed by atoms with Gasteiger partial charge in [0.2, 0.25) is 5.91 Å². The normalized spacial score (nSPS) is 26.8. The fourth-order valence-corrected chi connectivity index (χ4v) is 5.58. The van der Waals surface area contributed by atoms with Crippen molar-refractivity contribution < 1.29 is 4.79 Å². The molecule has 6 nitrogen and oxygen atoms in total. The molecule has 0 N–H and O–H groups in total. The molecule has 1 amide bonds. The van der Waals surface area contributed by atoms with Crippen molar-refractivity contribution in [2.75, 3.05) is 32.7 Å². The lowest BCUT2D eigenvalue weighted by Crippen LogP contribution is -2.47. The highest BCUT2D eigenvalue weighted by Crippen LogP contribution is 2.27. The van der Waals surface area contributed by atoms with Crippen molar-refractivity contribution in [2.45, 2.75) is 71.3 Å². The van der Waals surface area contributed by atoms with Crippen LogP contribution in [0, 0.1) is 11.8 Å². The van der Waals surface area contributed by atoms with Gasteiger partial charge in [-0.1, -0.05) is 20.3 Å². The summed E-state index contributed by atoms with van der Waals surface area (Å²) < 4.78 is 1.87. The van der Waals surface area contributed by atoms with Gasteiger partial charge in [0.1, 0.15) is 5.82 Å². The zero-order valence-electron chi connectivity index (χ0n) is 18.1. The largest absolute Gasteiger partial charge is 0.342 e. The highest BCUT2D eigenvalue weighted by Gasteiger charge is 2.29. The van der Waals surface area contributed by atoms with Crippen LogP contribution in [0.3, 0.4) is 0 Å². The van der Waals surface area contributed by atoms with Gasteiger partial charge in [0.15, 0.2) is 0 Å². The van der Waals surface area contributed by atoms with Crippen LogP contribution < -0.4 is 5.56 Å². The maximum absolute atomic E-state index is 12.8. The summed E-state index contributed by atoms with van der Waals surface area (Å²) in [5, 5.41) is 0. The van der Waals surface area contributed by atoms with Crippen LogP contribution in [0.15, 0.2) is 10.9 Å². The average molecular weight is 401 g/mol. The lowest BCUT2D eigenvalue weighted by molar-refractivity contribution is -0.134. The molecular formula is C23H36N4O2. The number of likely N-dealkylation sites (tertiary alicyclic amines) is 2. The molecule has 1 aromatic rings. The van der Waals surface area contributed by atoms with E-state index >= 15 is 0 Å². The number of fused-ring (bicyclic) bond motifs is 1. The number of aryl methyl sites for hydroxylation is 1. The molecule has 0 saturated carbocycles. The molecule has 4 rings (SSSR count). The zero-order valence-corrected chi connectivity index (χ0v) is 18.1. The van der Waals surface area contributed by atoms with E-state index in [4.69, 9.17) is 4.98 Å². The highest BCUT2D eigenvalue weighted by atomic mass is 16.2. The summed E-state index contributed by atoms with van der Waals surface area (Å²) >= 11 is 0. The van der Waals surface area contributed by atoms with Crippen LogP contribution in [0.2, 0.25) is 0 Å². The number of amides is 1. The third kappa shape index (κ3) is 4.90. The molecule has 0 bridgehead atoms. The summed E-state index contributed by atoms with van der Waals surface area (Å²) in [5.41, 5.74) is 1.06.